The summed E-state index contributed by atoms with van der Waals surface area (Å²) in [5.74, 6) is 5.34. The molecule has 0 spiro atoms. The molecule has 0 aromatic rings. The number of hydrogen-bond acceptors (Lipinski definition) is 2. The minimum atomic E-state index is 0.0522. The molecule has 0 aromatic heterocycles. The molecule has 0 saturated heterocycles. The fourth-order valence-corrected chi connectivity index (χ4v) is 10.0. The van der Waals surface area contributed by atoms with Gasteiger partial charge in [0, 0.05) is 12.8 Å². The Morgan fingerprint density at radius 3 is 2.45 bits per heavy atom. The average molecular weight is 527 g/mol. The van der Waals surface area contributed by atoms with E-state index in [4.69, 9.17) is 4.74 Å². The van der Waals surface area contributed by atoms with Crippen LogP contribution in [0.25, 0.3) is 0 Å². The standard InChI is InChI=1S/C36H62O2/c1-7-8-9-10-11-12-16-34(37)38-29-21-23-35(5)28(25-29)17-18-30-32-20-19-31(27(4)15-13-14-26(2)3)36(32,6)24-22-33(30)35/h17,26-27,29-33H,7-16,18-25H2,1-6H3/t27?,29-,30?,31?,32?,33?,35-,36+/m0/s1. The number of carbonyl (C=O) groups excluding carboxylic acids is 1. The highest BCUT2D eigenvalue weighted by atomic mass is 16.5. The maximum absolute atomic E-state index is 12.6. The van der Waals surface area contributed by atoms with Crippen molar-refractivity contribution in [2.24, 2.45) is 46.3 Å². The fraction of sp³-hybridized carbons (Fsp3) is 0.917. The molecule has 0 aromatic carbocycles. The van der Waals surface area contributed by atoms with Crippen LogP contribution in [0.3, 0.4) is 0 Å². The van der Waals surface area contributed by atoms with E-state index in [-0.39, 0.29) is 12.1 Å². The van der Waals surface area contributed by atoms with E-state index in [1.165, 1.54) is 89.9 Å². The van der Waals surface area contributed by atoms with Crippen molar-refractivity contribution in [3.63, 3.8) is 0 Å². The Hall–Kier alpha value is -0.790. The monoisotopic (exact) mass is 526 g/mol. The van der Waals surface area contributed by atoms with Gasteiger partial charge in [-0.2, -0.15) is 0 Å². The summed E-state index contributed by atoms with van der Waals surface area (Å²) in [6.07, 6.45) is 25.3. The number of unbranched alkanes of at least 4 members (excludes halogenated alkanes) is 5. The highest BCUT2D eigenvalue weighted by molar-refractivity contribution is 5.69. The first kappa shape index (κ1) is 30.2. The third kappa shape index (κ3) is 6.57. The van der Waals surface area contributed by atoms with Gasteiger partial charge in [-0.3, -0.25) is 4.79 Å². The lowest BCUT2D eigenvalue weighted by atomic mass is 9.47. The molecule has 4 aliphatic carbocycles. The summed E-state index contributed by atoms with van der Waals surface area (Å²) in [6, 6.07) is 0. The van der Waals surface area contributed by atoms with Gasteiger partial charge in [-0.1, -0.05) is 105 Å². The molecule has 4 rings (SSSR count). The second-order valence-corrected chi connectivity index (χ2v) is 15.2. The van der Waals surface area contributed by atoms with Crippen LogP contribution in [0.5, 0.6) is 0 Å². The minimum Gasteiger partial charge on any atom is -0.462 e. The largest absolute Gasteiger partial charge is 0.462 e. The van der Waals surface area contributed by atoms with E-state index in [1.807, 2.05) is 0 Å². The zero-order chi connectivity index (χ0) is 27.3. The molecule has 0 bridgehead atoms. The molecule has 0 heterocycles. The second kappa shape index (κ2) is 13.2. The summed E-state index contributed by atoms with van der Waals surface area (Å²) in [4.78, 5) is 12.6. The molecule has 0 radical (unpaired) electrons. The van der Waals surface area contributed by atoms with Crippen molar-refractivity contribution in [1.29, 1.82) is 0 Å². The first-order valence-electron chi connectivity index (χ1n) is 17.1. The Kier molecular flexibility index (Phi) is 10.5. The van der Waals surface area contributed by atoms with Crippen molar-refractivity contribution in [2.45, 2.75) is 163 Å². The molecule has 3 fully saturated rings. The van der Waals surface area contributed by atoms with Crippen LogP contribution in [0.4, 0.5) is 0 Å². The van der Waals surface area contributed by atoms with Gasteiger partial charge < -0.3 is 4.74 Å². The fourth-order valence-electron chi connectivity index (χ4n) is 10.0. The van der Waals surface area contributed by atoms with Crippen LogP contribution in [-0.2, 0) is 9.53 Å². The zero-order valence-corrected chi connectivity index (χ0v) is 26.2. The highest BCUT2D eigenvalue weighted by Crippen LogP contribution is 2.67. The molecule has 2 heteroatoms. The molecular formula is C36H62O2. The molecule has 0 N–H and O–H groups in total. The van der Waals surface area contributed by atoms with E-state index < -0.39 is 0 Å². The summed E-state index contributed by atoms with van der Waals surface area (Å²) in [7, 11) is 0. The lowest BCUT2D eigenvalue weighted by molar-refractivity contribution is -0.151. The Bertz CT molecular complexity index is 797. The number of allylic oxidation sites excluding steroid dienone is 1. The number of rotatable bonds is 13. The molecule has 0 aliphatic heterocycles. The van der Waals surface area contributed by atoms with Gasteiger partial charge in [0.2, 0.25) is 0 Å². The van der Waals surface area contributed by atoms with Crippen LogP contribution in [0, 0.1) is 46.3 Å². The SMILES string of the molecule is CCCCCCCCC(=O)O[C@H]1CC[C@@]2(C)C(=CCC3C4CCC(C(C)CCCC(C)C)[C@@]4(C)CCC32)C1. The van der Waals surface area contributed by atoms with E-state index in [9.17, 15) is 4.79 Å². The number of carbonyl (C=O) groups is 1. The first-order chi connectivity index (χ1) is 18.2. The van der Waals surface area contributed by atoms with Gasteiger partial charge in [0.1, 0.15) is 6.10 Å². The van der Waals surface area contributed by atoms with Crippen molar-refractivity contribution in [3.8, 4) is 0 Å². The lowest BCUT2D eigenvalue weighted by Gasteiger charge is -2.58. The van der Waals surface area contributed by atoms with Crippen molar-refractivity contribution in [2.75, 3.05) is 0 Å². The molecule has 2 nitrogen and oxygen atoms in total. The predicted octanol–water partition coefficient (Wildman–Crippen LogP) is 10.7. The van der Waals surface area contributed by atoms with Crippen molar-refractivity contribution in [1.82, 2.24) is 0 Å². The quantitative estimate of drug-likeness (QED) is 0.135. The Morgan fingerprint density at radius 2 is 1.68 bits per heavy atom. The molecule has 3 saturated carbocycles. The Labute approximate surface area is 236 Å². The van der Waals surface area contributed by atoms with Crippen LogP contribution in [0.2, 0.25) is 0 Å². The highest BCUT2D eigenvalue weighted by Gasteiger charge is 2.59. The number of hydrogen-bond donors (Lipinski definition) is 0. The summed E-state index contributed by atoms with van der Waals surface area (Å²) in [5, 5.41) is 0. The molecule has 0 amide bonds. The molecule has 38 heavy (non-hydrogen) atoms. The summed E-state index contributed by atoms with van der Waals surface area (Å²) >= 11 is 0. The van der Waals surface area contributed by atoms with Crippen LogP contribution >= 0.6 is 0 Å². The van der Waals surface area contributed by atoms with E-state index in [2.05, 4.69) is 47.6 Å². The Balaban J connectivity index is 1.31. The molecule has 4 aliphatic rings. The number of fused-ring (bicyclic) bond motifs is 5. The average Bonchev–Trinajstić information content (AvgIpc) is 3.23. The number of esters is 1. The Morgan fingerprint density at radius 1 is 0.921 bits per heavy atom. The topological polar surface area (TPSA) is 26.3 Å². The van der Waals surface area contributed by atoms with Gasteiger partial charge in [0.15, 0.2) is 0 Å². The van der Waals surface area contributed by atoms with Crippen LogP contribution < -0.4 is 0 Å². The van der Waals surface area contributed by atoms with Crippen LogP contribution in [-0.4, -0.2) is 12.1 Å². The third-order valence-corrected chi connectivity index (χ3v) is 12.3. The van der Waals surface area contributed by atoms with Gasteiger partial charge in [-0.15, -0.1) is 0 Å². The maximum atomic E-state index is 12.6. The van der Waals surface area contributed by atoms with E-state index in [0.717, 1.165) is 54.8 Å². The van der Waals surface area contributed by atoms with E-state index >= 15 is 0 Å². The van der Waals surface area contributed by atoms with Gasteiger partial charge >= 0.3 is 5.97 Å². The summed E-state index contributed by atoms with van der Waals surface area (Å²) in [5.41, 5.74) is 2.54. The summed E-state index contributed by atoms with van der Waals surface area (Å²) < 4.78 is 6.04. The zero-order valence-electron chi connectivity index (χ0n) is 26.2. The normalized spacial score (nSPS) is 37.2. The van der Waals surface area contributed by atoms with Crippen LogP contribution in [0.15, 0.2) is 11.6 Å². The van der Waals surface area contributed by atoms with Gasteiger partial charge in [-0.25, -0.2) is 0 Å². The molecular weight excluding hydrogens is 464 g/mol. The van der Waals surface area contributed by atoms with Gasteiger partial charge in [-0.05, 0) is 97.7 Å². The molecule has 8 atom stereocenters. The maximum Gasteiger partial charge on any atom is 0.306 e. The van der Waals surface area contributed by atoms with Crippen molar-refractivity contribution < 1.29 is 9.53 Å². The second-order valence-electron chi connectivity index (χ2n) is 15.2. The van der Waals surface area contributed by atoms with Gasteiger partial charge in [0.25, 0.3) is 0 Å². The van der Waals surface area contributed by atoms with Crippen molar-refractivity contribution >= 4 is 5.97 Å². The molecule has 218 valence electrons. The summed E-state index contributed by atoms with van der Waals surface area (Å²) in [6.45, 7) is 14.9. The smallest absolute Gasteiger partial charge is 0.306 e. The third-order valence-electron chi connectivity index (χ3n) is 12.3. The number of ether oxygens (including phenoxy) is 1. The predicted molar refractivity (Wildman–Crippen MR) is 161 cm³/mol. The van der Waals surface area contributed by atoms with E-state index in [0.29, 0.717) is 17.3 Å². The molecule has 5 unspecified atom stereocenters. The van der Waals surface area contributed by atoms with Gasteiger partial charge in [0.05, 0.1) is 0 Å². The van der Waals surface area contributed by atoms with Crippen LogP contribution in [0.1, 0.15) is 157 Å². The lowest BCUT2D eigenvalue weighted by Crippen LogP contribution is -2.51. The minimum absolute atomic E-state index is 0.0522. The first-order valence-corrected chi connectivity index (χ1v) is 17.1. The van der Waals surface area contributed by atoms with E-state index in [1.54, 1.807) is 5.57 Å². The van der Waals surface area contributed by atoms with Crippen molar-refractivity contribution in [3.05, 3.63) is 11.6 Å².